The van der Waals surface area contributed by atoms with Crippen molar-refractivity contribution < 1.29 is 19.2 Å². The second-order valence-corrected chi connectivity index (χ2v) is 39.6. The van der Waals surface area contributed by atoms with Crippen molar-refractivity contribution in [2.75, 3.05) is 21.3 Å². The maximum absolute atomic E-state index is 12.6. The van der Waals surface area contributed by atoms with E-state index in [1.165, 1.54) is 0 Å². The van der Waals surface area contributed by atoms with E-state index in [0.717, 1.165) is 267 Å². The first-order valence-corrected chi connectivity index (χ1v) is 50.9. The molecule has 0 radical (unpaired) electrons. The van der Waals surface area contributed by atoms with E-state index in [4.69, 9.17) is 19.9 Å². The third-order valence-electron chi connectivity index (χ3n) is 26.2. The van der Waals surface area contributed by atoms with Gasteiger partial charge in [0.25, 0.3) is 0 Å². The van der Waals surface area contributed by atoms with Crippen molar-refractivity contribution in [1.29, 1.82) is 0 Å². The maximum Gasteiger partial charge on any atom is 0.227 e. The highest BCUT2D eigenvalue weighted by Crippen LogP contribution is 2.43. The molecule has 32 nitrogen and oxygen atoms in total. The lowest BCUT2D eigenvalue weighted by molar-refractivity contribution is -0.122. The molecule has 4 aromatic carbocycles. The molecule has 24 aromatic rings. The quantitative estimate of drug-likeness (QED) is 0.0300. The van der Waals surface area contributed by atoms with Gasteiger partial charge in [0.05, 0.1) is 116 Å². The fraction of sp³-hybridized carbons (Fsp3) is 0.148. The number of H-pyrrole nitrogens is 8. The van der Waals surface area contributed by atoms with Crippen LogP contribution in [-0.2, 0) is 19.2 Å². The fourth-order valence-electron chi connectivity index (χ4n) is 18.3. The average Bonchev–Trinajstić information content (AvgIpc) is 1.62. The zero-order chi connectivity index (χ0) is 96.7. The molecule has 3 fully saturated rings. The second kappa shape index (κ2) is 39.0. The number of amides is 4. The molecule has 20 heterocycles. The summed E-state index contributed by atoms with van der Waals surface area (Å²) in [7, 11) is 0. The van der Waals surface area contributed by atoms with E-state index in [-0.39, 0.29) is 41.4 Å². The molecule has 3 aliphatic carbocycles. The third kappa shape index (κ3) is 18.3. The summed E-state index contributed by atoms with van der Waals surface area (Å²) in [4.78, 5) is 122. The summed E-state index contributed by atoms with van der Waals surface area (Å²) in [6.45, 7) is 2.07. The van der Waals surface area contributed by atoms with Crippen LogP contribution >= 0.6 is 45.3 Å². The van der Waals surface area contributed by atoms with Gasteiger partial charge in [0.2, 0.25) is 23.6 Å². The van der Waals surface area contributed by atoms with Crippen LogP contribution in [0.1, 0.15) is 84.0 Å². The van der Waals surface area contributed by atoms with Crippen LogP contribution in [0.3, 0.4) is 0 Å². The number of unbranched alkanes of at least 4 members (excludes halogenated alkanes) is 1. The van der Waals surface area contributed by atoms with Gasteiger partial charge in [-0.15, -0.1) is 45.3 Å². The maximum atomic E-state index is 12.6. The van der Waals surface area contributed by atoms with Crippen molar-refractivity contribution in [3.63, 3.8) is 0 Å². The Labute approximate surface area is 835 Å². The van der Waals surface area contributed by atoms with Crippen molar-refractivity contribution >= 4 is 179 Å². The van der Waals surface area contributed by atoms with Crippen molar-refractivity contribution in [2.24, 2.45) is 17.8 Å². The number of carbonyl (C=O) groups is 4. The molecule has 0 saturated heterocycles. The Balaban J connectivity index is 0.000000103. The lowest BCUT2D eigenvalue weighted by Gasteiger charge is -2.24. The Morgan fingerprint density at radius 3 is 0.840 bits per heavy atom. The van der Waals surface area contributed by atoms with Gasteiger partial charge in [-0.2, -0.15) is 20.4 Å². The lowest BCUT2D eigenvalue weighted by atomic mass is 9.85. The smallest absolute Gasteiger partial charge is 0.227 e. The SMILES string of the molecule is CCCCC(=O)Nc1cncc(-c2ccc3[nH]nc(-c4nc5c(-c6cccs6)cncc5[nH]4)c3c2)c1.O=C(Nc1cncc(-c2ccc3[nH]nc(-c4nc5c(-c6cccs6)cncc5[nH]4)c3c2)c1)C1CC1.O=C(Nc1cncc(-c2ccc3[nH]nc(-c4nc5c(-c6cccs6)cncc5[nH]4)c3c2)c1)C1CCC1.O=C(Nc1cncc(-c2ccc3[nH]nc(-c4nc5c(-c6cccs6)cncc5[nH]4)c3c2)c1)C1CCCC1. The summed E-state index contributed by atoms with van der Waals surface area (Å²) in [5, 5.41) is 54.7. The normalized spacial score (nSPS) is 13.2. The number of thiophene rings is 4. The Morgan fingerprint density at radius 2 is 0.576 bits per heavy atom. The summed E-state index contributed by atoms with van der Waals surface area (Å²) in [6.07, 6.45) is 40.0. The zero-order valence-electron chi connectivity index (χ0n) is 77.0. The highest BCUT2D eigenvalue weighted by atomic mass is 32.1. The van der Waals surface area contributed by atoms with Crippen LogP contribution in [0.2, 0.25) is 0 Å². The molecular formula is C108H86N28O4S4. The molecule has 0 spiro atoms. The molecule has 144 heavy (non-hydrogen) atoms. The molecule has 3 aliphatic rings. The number of rotatable bonds is 22. The van der Waals surface area contributed by atoms with Gasteiger partial charge in [0.15, 0.2) is 23.3 Å². The third-order valence-corrected chi connectivity index (χ3v) is 29.8. The summed E-state index contributed by atoms with van der Waals surface area (Å²) < 4.78 is 0. The van der Waals surface area contributed by atoms with Crippen LogP contribution in [0.25, 0.3) is 220 Å². The van der Waals surface area contributed by atoms with Crippen molar-refractivity contribution in [3.8, 4) is 132 Å². The standard InChI is InChI=1S/C28H23N7OS.C27H21N7OS.C27H23N7OS.C26H19N7OS/c36-28(16-4-1-2-5-16)31-19-10-18(12-29-13-19)17-7-8-22-20(11-17)26(35-34-22)27-32-23-15-30-14-21(25(23)33-27)24-6-3-9-37-24;35-27(15-3-1-4-15)30-18-9-17(11-28-12-18)16-6-7-21-19(10-16)25(34-33-21)26-31-22-14-29-13-20(24(22)32-26)23-5-2-8-36-23;1-2-3-6-24(35)30-18-10-17(12-28-13-18)16-7-8-21-19(11-16)26(34-33-21)27-31-22-15-29-14-20(25(22)32-27)23-5-4-9-36-23;34-26(14-3-4-14)29-17-8-16(10-27-11-17)15-5-6-20-18(9-15)24(33-32-20)25-30-21-13-28-12-19(23(21)31-25)22-2-1-7-35-22/h3,6-16H,1-2,4-5H2,(H,31,36)(H,32,33)(H,34,35);2,5-15H,1,3-4H2,(H,30,35)(H,31,32)(H,33,34);4-5,7-15H,2-3,6H2,1H3,(H,30,35)(H,31,32)(H,33,34);1-2,5-14H,3-4H2,(H,29,34)(H,30,31)(H,32,33). The number of hydrogen-bond acceptors (Lipinski definition) is 24. The van der Waals surface area contributed by atoms with Gasteiger partial charge < -0.3 is 41.2 Å². The van der Waals surface area contributed by atoms with Gasteiger partial charge in [-0.3, -0.25) is 79.4 Å². The molecule has 0 aliphatic heterocycles. The Bertz CT molecular complexity index is 8920. The van der Waals surface area contributed by atoms with E-state index in [9.17, 15) is 19.2 Å². The van der Waals surface area contributed by atoms with Gasteiger partial charge in [-0.25, -0.2) is 19.9 Å². The summed E-state index contributed by atoms with van der Waals surface area (Å²) in [6, 6.07) is 48.6. The van der Waals surface area contributed by atoms with Crippen molar-refractivity contribution in [1.82, 2.24) is 121 Å². The summed E-state index contributed by atoms with van der Waals surface area (Å²) in [5.41, 5.74) is 27.9. The predicted molar refractivity (Wildman–Crippen MR) is 568 cm³/mol. The molecule has 706 valence electrons. The van der Waals surface area contributed by atoms with Crippen LogP contribution in [0.5, 0.6) is 0 Å². The topological polar surface area (TPSA) is 449 Å². The minimum absolute atomic E-state index is 0.00432. The first kappa shape index (κ1) is 89.2. The minimum Gasteiger partial charge on any atom is -0.335 e. The van der Waals surface area contributed by atoms with Crippen LogP contribution < -0.4 is 21.3 Å². The largest absolute Gasteiger partial charge is 0.335 e. The number of aromatic amines is 8. The van der Waals surface area contributed by atoms with Crippen LogP contribution in [0, 0.1) is 17.8 Å². The van der Waals surface area contributed by atoms with Crippen molar-refractivity contribution in [3.05, 3.63) is 266 Å². The number of benzene rings is 4. The average molecular weight is 1970 g/mol. The van der Waals surface area contributed by atoms with Gasteiger partial charge >= 0.3 is 0 Å². The summed E-state index contributed by atoms with van der Waals surface area (Å²) >= 11 is 6.65. The highest BCUT2D eigenvalue weighted by Gasteiger charge is 2.31. The monoisotopic (exact) mass is 1970 g/mol. The van der Waals surface area contributed by atoms with E-state index >= 15 is 0 Å². The van der Waals surface area contributed by atoms with Crippen molar-refractivity contribution in [2.45, 2.75) is 84.0 Å². The van der Waals surface area contributed by atoms with Crippen LogP contribution in [0.15, 0.2) is 266 Å². The Kier molecular flexibility index (Phi) is 24.1. The van der Waals surface area contributed by atoms with E-state index in [2.05, 4.69) is 183 Å². The number of anilines is 4. The Morgan fingerprint density at radius 1 is 0.299 bits per heavy atom. The highest BCUT2D eigenvalue weighted by molar-refractivity contribution is 7.14. The second-order valence-electron chi connectivity index (χ2n) is 35.8. The lowest BCUT2D eigenvalue weighted by Crippen LogP contribution is -2.28. The number of carbonyl (C=O) groups excluding carboxylic acids is 4. The molecular weight excluding hydrogens is 1880 g/mol. The molecule has 0 bridgehead atoms. The van der Waals surface area contributed by atoms with E-state index in [1.54, 1.807) is 114 Å². The molecule has 12 N–H and O–H groups in total. The van der Waals surface area contributed by atoms with Gasteiger partial charge in [0.1, 0.15) is 44.8 Å². The number of hydrogen-bond donors (Lipinski definition) is 12. The zero-order valence-corrected chi connectivity index (χ0v) is 80.3. The first-order valence-electron chi connectivity index (χ1n) is 47.4. The Hall–Kier alpha value is -17.5. The predicted octanol–water partition coefficient (Wildman–Crippen LogP) is 24.5. The number of pyridine rings is 8. The van der Waals surface area contributed by atoms with Crippen LogP contribution in [0.4, 0.5) is 22.7 Å². The number of imidazole rings is 4. The first-order chi connectivity index (χ1) is 70.9. The molecule has 0 unspecified atom stereocenters. The number of aromatic nitrogens is 24. The molecule has 4 amide bonds. The molecule has 0 atom stereocenters. The number of nitrogens with zero attached hydrogens (tertiary/aromatic N) is 16. The van der Waals surface area contributed by atoms with E-state index in [0.29, 0.717) is 52.5 Å². The van der Waals surface area contributed by atoms with E-state index < -0.39 is 0 Å². The van der Waals surface area contributed by atoms with Gasteiger partial charge in [-0.05, 0) is 186 Å². The molecule has 36 heteroatoms. The molecule has 27 rings (SSSR count). The van der Waals surface area contributed by atoms with Gasteiger partial charge in [0, 0.05) is 159 Å². The van der Waals surface area contributed by atoms with E-state index in [1.807, 2.05) is 144 Å². The fourth-order valence-corrected chi connectivity index (χ4v) is 21.2. The summed E-state index contributed by atoms with van der Waals surface area (Å²) in [5.74, 6) is 3.32. The minimum atomic E-state index is 0.00432. The number of nitrogens with one attached hydrogen (secondary N) is 12. The molecule has 20 aromatic heterocycles. The number of fused-ring (bicyclic) bond motifs is 8. The van der Waals surface area contributed by atoms with Gasteiger partial charge in [-0.1, -0.05) is 81.1 Å². The van der Waals surface area contributed by atoms with Crippen LogP contribution in [-0.4, -0.2) is 144 Å². The molecule has 3 saturated carbocycles.